The second-order valence-electron chi connectivity index (χ2n) is 8.55. The van der Waals surface area contributed by atoms with Gasteiger partial charge in [-0.1, -0.05) is 72.8 Å². The molecule has 0 N–H and O–H groups in total. The number of benzene rings is 2. The molecule has 2 aliphatic rings. The molecule has 1 aliphatic heterocycles. The van der Waals surface area contributed by atoms with E-state index in [0.717, 1.165) is 42.0 Å². The number of rotatable bonds is 7. The van der Waals surface area contributed by atoms with Gasteiger partial charge in [-0.05, 0) is 48.1 Å². The van der Waals surface area contributed by atoms with E-state index in [-0.39, 0.29) is 6.04 Å². The second kappa shape index (κ2) is 10.3. The highest BCUT2D eigenvalue weighted by Crippen LogP contribution is 2.34. The zero-order valence-corrected chi connectivity index (χ0v) is 19.0. The number of nitrogens with zero attached hydrogens (tertiary/aromatic N) is 2. The van der Waals surface area contributed by atoms with Gasteiger partial charge in [-0.2, -0.15) is 13.2 Å². The van der Waals surface area contributed by atoms with Gasteiger partial charge >= 0.3 is 6.18 Å². The predicted molar refractivity (Wildman–Crippen MR) is 128 cm³/mol. The van der Waals surface area contributed by atoms with Crippen molar-refractivity contribution in [1.82, 2.24) is 10.0 Å². The first kappa shape index (κ1) is 23.8. The largest absolute Gasteiger partial charge is 0.416 e. The monoisotopic (exact) mass is 464 g/mol. The minimum atomic E-state index is -4.36. The van der Waals surface area contributed by atoms with Gasteiger partial charge in [0.15, 0.2) is 0 Å². The van der Waals surface area contributed by atoms with Crippen molar-refractivity contribution in [3.8, 4) is 0 Å². The standard InChI is InChI=1S/C28H27F3N2O/c1-32-27(24-8-5-9-25(16-15-24)28(29,30)31)18-26(17-14-21-6-3-2-4-7-21)33(32)19-22-10-12-23(20-34)13-11-22/h2-7,9-13,15-16,18,20,27H,8,14,17,19H2,1H3. The van der Waals surface area contributed by atoms with Gasteiger partial charge in [-0.25, -0.2) is 5.01 Å². The summed E-state index contributed by atoms with van der Waals surface area (Å²) < 4.78 is 39.6. The topological polar surface area (TPSA) is 23.6 Å². The Kier molecular flexibility index (Phi) is 7.17. The summed E-state index contributed by atoms with van der Waals surface area (Å²) in [5.41, 5.74) is 4.32. The lowest BCUT2D eigenvalue weighted by molar-refractivity contribution is -0.0881. The minimum absolute atomic E-state index is 0.131. The third-order valence-corrected chi connectivity index (χ3v) is 6.26. The van der Waals surface area contributed by atoms with Crippen LogP contribution in [0.15, 0.2) is 102 Å². The van der Waals surface area contributed by atoms with Gasteiger partial charge in [0.05, 0.1) is 18.2 Å². The van der Waals surface area contributed by atoms with Gasteiger partial charge in [0.2, 0.25) is 0 Å². The van der Waals surface area contributed by atoms with Crippen LogP contribution in [0.2, 0.25) is 0 Å². The molecule has 2 aromatic rings. The number of aryl methyl sites for hydroxylation is 1. The first-order valence-corrected chi connectivity index (χ1v) is 11.3. The Morgan fingerprint density at radius 3 is 2.38 bits per heavy atom. The van der Waals surface area contributed by atoms with Gasteiger partial charge in [0, 0.05) is 18.3 Å². The molecule has 1 atom stereocenters. The van der Waals surface area contributed by atoms with Crippen LogP contribution in [0.4, 0.5) is 13.2 Å². The van der Waals surface area contributed by atoms with E-state index in [1.807, 2.05) is 37.4 Å². The normalized spacial score (nSPS) is 18.9. The first-order valence-electron chi connectivity index (χ1n) is 11.3. The van der Waals surface area contributed by atoms with Crippen LogP contribution in [0.25, 0.3) is 0 Å². The van der Waals surface area contributed by atoms with Crippen molar-refractivity contribution in [2.45, 2.75) is 38.0 Å². The maximum Gasteiger partial charge on any atom is 0.416 e. The average molecular weight is 465 g/mol. The highest BCUT2D eigenvalue weighted by Gasteiger charge is 2.34. The van der Waals surface area contributed by atoms with Gasteiger partial charge in [-0.3, -0.25) is 4.79 Å². The lowest BCUT2D eigenvalue weighted by Gasteiger charge is -2.34. The van der Waals surface area contributed by atoms with Crippen molar-refractivity contribution in [1.29, 1.82) is 0 Å². The average Bonchev–Trinajstić information content (AvgIpc) is 2.99. The molecular formula is C28H27F3N2O. The molecule has 0 aromatic heterocycles. The molecule has 0 fully saturated rings. The third-order valence-electron chi connectivity index (χ3n) is 6.26. The molecule has 0 radical (unpaired) electrons. The van der Waals surface area contributed by atoms with E-state index < -0.39 is 11.7 Å². The van der Waals surface area contributed by atoms with Crippen molar-refractivity contribution in [2.24, 2.45) is 0 Å². The summed E-state index contributed by atoms with van der Waals surface area (Å²) in [5, 5.41) is 4.29. The number of alkyl halides is 3. The van der Waals surface area contributed by atoms with Crippen LogP contribution in [0.1, 0.15) is 34.3 Å². The van der Waals surface area contributed by atoms with E-state index in [9.17, 15) is 18.0 Å². The molecule has 0 bridgehead atoms. The van der Waals surface area contributed by atoms with Crippen molar-refractivity contribution in [2.75, 3.05) is 7.05 Å². The fraction of sp³-hybridized carbons (Fsp3) is 0.250. The summed E-state index contributed by atoms with van der Waals surface area (Å²) in [4.78, 5) is 11.0. The third kappa shape index (κ3) is 5.57. The lowest BCUT2D eigenvalue weighted by Crippen LogP contribution is -2.39. The molecule has 34 heavy (non-hydrogen) atoms. The molecule has 1 aliphatic carbocycles. The van der Waals surface area contributed by atoms with Crippen molar-refractivity contribution < 1.29 is 18.0 Å². The molecule has 2 aromatic carbocycles. The zero-order valence-electron chi connectivity index (χ0n) is 19.0. The van der Waals surface area contributed by atoms with E-state index in [4.69, 9.17) is 0 Å². The molecule has 6 heteroatoms. The van der Waals surface area contributed by atoms with Crippen molar-refractivity contribution >= 4 is 6.29 Å². The van der Waals surface area contributed by atoms with Crippen LogP contribution < -0.4 is 0 Å². The molecule has 176 valence electrons. The predicted octanol–water partition coefficient (Wildman–Crippen LogP) is 6.42. The summed E-state index contributed by atoms with van der Waals surface area (Å²) in [6, 6.07) is 17.6. The number of carbonyl (C=O) groups excluding carboxylic acids is 1. The Morgan fingerprint density at radius 1 is 0.971 bits per heavy atom. The Morgan fingerprint density at radius 2 is 1.71 bits per heavy atom. The maximum absolute atomic E-state index is 13.2. The van der Waals surface area contributed by atoms with E-state index in [0.29, 0.717) is 18.5 Å². The van der Waals surface area contributed by atoms with Crippen LogP contribution in [0.3, 0.4) is 0 Å². The lowest BCUT2D eigenvalue weighted by atomic mass is 10.0. The summed E-state index contributed by atoms with van der Waals surface area (Å²) >= 11 is 0. The van der Waals surface area contributed by atoms with Gasteiger partial charge in [0.25, 0.3) is 0 Å². The minimum Gasteiger partial charge on any atom is -0.305 e. The van der Waals surface area contributed by atoms with Crippen LogP contribution in [-0.4, -0.2) is 35.6 Å². The number of carbonyl (C=O) groups is 1. The Hall–Kier alpha value is -3.38. The van der Waals surface area contributed by atoms with E-state index in [1.165, 1.54) is 11.6 Å². The van der Waals surface area contributed by atoms with Crippen LogP contribution in [0.5, 0.6) is 0 Å². The SMILES string of the molecule is CN1C(C2=CC=C(C(F)(F)F)C=CC2)C=C(CCc2ccccc2)N1Cc1ccc(C=O)cc1. The molecule has 1 heterocycles. The molecule has 4 rings (SSSR count). The second-order valence-corrected chi connectivity index (χ2v) is 8.55. The Labute approximate surface area is 198 Å². The first-order chi connectivity index (χ1) is 16.3. The number of allylic oxidation sites excluding steroid dienone is 6. The summed E-state index contributed by atoms with van der Waals surface area (Å²) in [6.45, 7) is 0.611. The Balaban J connectivity index is 1.59. The molecule has 0 spiro atoms. The van der Waals surface area contributed by atoms with Crippen LogP contribution >= 0.6 is 0 Å². The zero-order chi connectivity index (χ0) is 24.1. The highest BCUT2D eigenvalue weighted by molar-refractivity contribution is 5.74. The quantitative estimate of drug-likeness (QED) is 0.442. The van der Waals surface area contributed by atoms with E-state index in [2.05, 4.69) is 28.2 Å². The number of hydrogen-bond acceptors (Lipinski definition) is 3. The van der Waals surface area contributed by atoms with E-state index in [1.54, 1.807) is 24.3 Å². The number of halogens is 3. The summed E-state index contributed by atoms with van der Waals surface area (Å²) in [6.07, 6.45) is 6.28. The fourth-order valence-electron chi connectivity index (χ4n) is 4.34. The molecule has 1 unspecified atom stereocenters. The Bertz CT molecular complexity index is 1130. The molecule has 0 saturated heterocycles. The molecule has 0 amide bonds. The molecule has 0 saturated carbocycles. The number of likely N-dealkylation sites (N-methyl/N-ethyl adjacent to an activating group) is 1. The van der Waals surface area contributed by atoms with Crippen molar-refractivity contribution in [3.05, 3.63) is 119 Å². The number of hydrazine groups is 1. The summed E-state index contributed by atoms with van der Waals surface area (Å²) in [7, 11) is 1.97. The van der Waals surface area contributed by atoms with E-state index >= 15 is 0 Å². The van der Waals surface area contributed by atoms with Gasteiger partial charge in [0.1, 0.15) is 6.29 Å². The fourth-order valence-corrected chi connectivity index (χ4v) is 4.34. The van der Waals surface area contributed by atoms with Crippen molar-refractivity contribution in [3.63, 3.8) is 0 Å². The van der Waals surface area contributed by atoms with Crippen LogP contribution in [-0.2, 0) is 13.0 Å². The maximum atomic E-state index is 13.2. The molecular weight excluding hydrogens is 437 g/mol. The van der Waals surface area contributed by atoms with Crippen LogP contribution in [0, 0.1) is 0 Å². The summed E-state index contributed by atoms with van der Waals surface area (Å²) in [5.74, 6) is 0. The highest BCUT2D eigenvalue weighted by atomic mass is 19.4. The van der Waals surface area contributed by atoms with Gasteiger partial charge in [-0.15, -0.1) is 0 Å². The smallest absolute Gasteiger partial charge is 0.305 e. The number of hydrogen-bond donors (Lipinski definition) is 0. The van der Waals surface area contributed by atoms with Gasteiger partial charge < -0.3 is 5.01 Å². The number of aldehydes is 1. The molecule has 3 nitrogen and oxygen atoms in total.